The zero-order chi connectivity index (χ0) is 32.5. The molecule has 45 heavy (non-hydrogen) atoms. The summed E-state index contributed by atoms with van der Waals surface area (Å²) >= 11 is 15.7. The van der Waals surface area contributed by atoms with Crippen molar-refractivity contribution in [1.82, 2.24) is 16.1 Å². The number of esters is 1. The summed E-state index contributed by atoms with van der Waals surface area (Å²) in [5.74, 6) is 0.761. The van der Waals surface area contributed by atoms with Crippen molar-refractivity contribution >= 4 is 57.3 Å². The lowest BCUT2D eigenvalue weighted by Gasteiger charge is -2.28. The van der Waals surface area contributed by atoms with Gasteiger partial charge in [0.15, 0.2) is 17.7 Å². The molecule has 3 aromatic rings. The van der Waals surface area contributed by atoms with Crippen molar-refractivity contribution in [2.75, 3.05) is 20.3 Å². The number of halogens is 3. The molecule has 0 aliphatic carbocycles. The first-order chi connectivity index (χ1) is 21.6. The van der Waals surface area contributed by atoms with Crippen LogP contribution in [0.15, 0.2) is 75.4 Å². The predicted octanol–water partition coefficient (Wildman–Crippen LogP) is 5.86. The van der Waals surface area contributed by atoms with E-state index in [9.17, 15) is 14.7 Å². The van der Waals surface area contributed by atoms with E-state index in [1.807, 2.05) is 19.1 Å². The Hall–Kier alpha value is -3.97. The van der Waals surface area contributed by atoms with E-state index in [4.69, 9.17) is 42.1 Å². The number of rotatable bonds is 13. The number of amides is 2. The Balaban J connectivity index is 1.34. The predicted molar refractivity (Wildman–Crippen MR) is 174 cm³/mol. The SMILES string of the molecule is CCOc1cc([C@H]2NC(=O)NC(C)=C2C(=O)OC)ccc1OC[C@H](O)N/N=C\c1ccc(OCc2ccc(Cl)cc2Cl)c(Br)c1. The molecule has 1 heterocycles. The Morgan fingerprint density at radius 3 is 2.58 bits per heavy atom. The van der Waals surface area contributed by atoms with Crippen LogP contribution in [0.5, 0.6) is 17.2 Å². The Morgan fingerprint density at radius 1 is 1.09 bits per heavy atom. The van der Waals surface area contributed by atoms with E-state index >= 15 is 0 Å². The van der Waals surface area contributed by atoms with Gasteiger partial charge in [-0.05, 0) is 83.4 Å². The molecule has 0 fully saturated rings. The highest BCUT2D eigenvalue weighted by Crippen LogP contribution is 2.35. The first-order valence-corrected chi connectivity index (χ1v) is 15.2. The minimum atomic E-state index is -1.15. The maximum absolute atomic E-state index is 12.4. The second kappa shape index (κ2) is 15.8. The highest BCUT2D eigenvalue weighted by molar-refractivity contribution is 9.10. The molecule has 4 N–H and O–H groups in total. The van der Waals surface area contributed by atoms with Crippen LogP contribution in [0.25, 0.3) is 0 Å². The molecule has 2 atom stereocenters. The summed E-state index contributed by atoms with van der Waals surface area (Å²) in [7, 11) is 1.27. The van der Waals surface area contributed by atoms with Crippen LogP contribution in [0, 0.1) is 0 Å². The van der Waals surface area contributed by atoms with E-state index in [2.05, 4.69) is 37.1 Å². The van der Waals surface area contributed by atoms with Gasteiger partial charge in [-0.1, -0.05) is 35.3 Å². The van der Waals surface area contributed by atoms with E-state index in [-0.39, 0.29) is 18.8 Å². The third-order valence-corrected chi connectivity index (χ3v) is 7.67. The summed E-state index contributed by atoms with van der Waals surface area (Å²) in [6.45, 7) is 3.88. The van der Waals surface area contributed by atoms with Crippen molar-refractivity contribution in [2.24, 2.45) is 5.10 Å². The maximum atomic E-state index is 12.4. The number of aliphatic hydroxyl groups excluding tert-OH is 1. The number of methoxy groups -OCH3 is 1. The molecular formula is C31H31BrCl2N4O7. The van der Waals surface area contributed by atoms with Crippen molar-refractivity contribution in [3.05, 3.63) is 97.1 Å². The van der Waals surface area contributed by atoms with Crippen LogP contribution >= 0.6 is 39.1 Å². The fourth-order valence-electron chi connectivity index (χ4n) is 4.33. The average Bonchev–Trinajstić information content (AvgIpc) is 3.00. The molecule has 0 aromatic heterocycles. The zero-order valence-electron chi connectivity index (χ0n) is 24.5. The van der Waals surface area contributed by atoms with Crippen molar-refractivity contribution in [3.8, 4) is 17.2 Å². The highest BCUT2D eigenvalue weighted by atomic mass is 79.9. The first kappa shape index (κ1) is 33.9. The van der Waals surface area contributed by atoms with Gasteiger partial charge in [-0.15, -0.1) is 0 Å². The monoisotopic (exact) mass is 720 g/mol. The maximum Gasteiger partial charge on any atom is 0.337 e. The molecule has 0 radical (unpaired) electrons. The van der Waals surface area contributed by atoms with Gasteiger partial charge < -0.3 is 34.7 Å². The number of aliphatic hydroxyl groups is 1. The summed E-state index contributed by atoms with van der Waals surface area (Å²) < 4.78 is 23.0. The van der Waals surface area contributed by atoms with Gasteiger partial charge in [-0.25, -0.2) is 9.59 Å². The lowest BCUT2D eigenvalue weighted by molar-refractivity contribution is -0.136. The molecule has 1 aliphatic rings. The summed E-state index contributed by atoms with van der Waals surface area (Å²) in [6.07, 6.45) is 0.390. The zero-order valence-corrected chi connectivity index (χ0v) is 27.6. The van der Waals surface area contributed by atoms with Gasteiger partial charge >= 0.3 is 12.0 Å². The third-order valence-electron chi connectivity index (χ3n) is 6.46. The number of urea groups is 1. The van der Waals surface area contributed by atoms with Crippen LogP contribution in [-0.2, 0) is 16.1 Å². The number of allylic oxidation sites excluding steroid dienone is 1. The van der Waals surface area contributed by atoms with Crippen LogP contribution in [-0.4, -0.2) is 49.9 Å². The van der Waals surface area contributed by atoms with E-state index in [1.165, 1.54) is 13.3 Å². The van der Waals surface area contributed by atoms with Gasteiger partial charge in [0.05, 0.1) is 36.0 Å². The summed E-state index contributed by atoms with van der Waals surface area (Å²) in [5, 5.41) is 20.9. The van der Waals surface area contributed by atoms with E-state index in [1.54, 1.807) is 49.4 Å². The van der Waals surface area contributed by atoms with Gasteiger partial charge in [-0.2, -0.15) is 5.10 Å². The number of nitrogens with one attached hydrogen (secondary N) is 3. The fourth-order valence-corrected chi connectivity index (χ4v) is 5.30. The molecular weight excluding hydrogens is 691 g/mol. The van der Waals surface area contributed by atoms with Crippen molar-refractivity contribution in [1.29, 1.82) is 0 Å². The number of nitrogens with zero attached hydrogens (tertiary/aromatic N) is 1. The largest absolute Gasteiger partial charge is 0.490 e. The number of hydrogen-bond donors (Lipinski definition) is 4. The van der Waals surface area contributed by atoms with Gasteiger partial charge in [0, 0.05) is 21.3 Å². The van der Waals surface area contributed by atoms with Crippen LogP contribution in [0.1, 0.15) is 36.6 Å². The standard InChI is InChI=1S/C31H31BrCl2N4O7/c1-4-43-26-12-19(29-28(30(40)42-3)17(2)36-31(41)37-29)7-10-25(26)45-16-27(39)38-35-14-18-5-9-24(22(32)11-18)44-15-20-6-8-21(33)13-23(20)34/h5-14,27,29,38-39H,4,15-16H2,1-3H3,(H2,36,37,41)/b35-14-/t27-,29+/m0/s1. The quantitative estimate of drug-likeness (QED) is 0.0746. The topological polar surface area (TPSA) is 140 Å². The molecule has 0 spiro atoms. The van der Waals surface area contributed by atoms with Crippen LogP contribution < -0.4 is 30.3 Å². The van der Waals surface area contributed by atoms with Crippen LogP contribution in [0.2, 0.25) is 10.0 Å². The highest BCUT2D eigenvalue weighted by Gasteiger charge is 2.32. The molecule has 238 valence electrons. The van der Waals surface area contributed by atoms with Crippen LogP contribution in [0.4, 0.5) is 4.79 Å². The van der Waals surface area contributed by atoms with Gasteiger partial charge in [0.1, 0.15) is 19.0 Å². The second-order valence-corrected chi connectivity index (χ2v) is 11.3. The van der Waals surface area contributed by atoms with E-state index in [0.717, 1.165) is 11.1 Å². The Bertz CT molecular complexity index is 1620. The molecule has 0 unspecified atom stereocenters. The van der Waals surface area contributed by atoms with Gasteiger partial charge in [-0.3, -0.25) is 5.43 Å². The summed E-state index contributed by atoms with van der Waals surface area (Å²) in [4.78, 5) is 24.6. The molecule has 1 aliphatic heterocycles. The Labute approximate surface area is 278 Å². The minimum absolute atomic E-state index is 0.156. The van der Waals surface area contributed by atoms with E-state index < -0.39 is 24.3 Å². The van der Waals surface area contributed by atoms with Crippen molar-refractivity contribution in [3.63, 3.8) is 0 Å². The van der Waals surface area contributed by atoms with Gasteiger partial charge in [0.2, 0.25) is 0 Å². The molecule has 14 heteroatoms. The smallest absolute Gasteiger partial charge is 0.337 e. The fraction of sp³-hybridized carbons (Fsp3) is 0.258. The lowest BCUT2D eigenvalue weighted by atomic mass is 9.95. The number of carbonyl (C=O) groups is 2. The minimum Gasteiger partial charge on any atom is -0.490 e. The molecule has 11 nitrogen and oxygen atoms in total. The first-order valence-electron chi connectivity index (χ1n) is 13.7. The van der Waals surface area contributed by atoms with Crippen molar-refractivity contribution in [2.45, 2.75) is 32.7 Å². The molecule has 4 rings (SSSR count). The van der Waals surface area contributed by atoms with Crippen LogP contribution in [0.3, 0.4) is 0 Å². The number of carbonyl (C=O) groups excluding carboxylic acids is 2. The molecule has 3 aromatic carbocycles. The Kier molecular flexibility index (Phi) is 11.9. The molecule has 0 saturated carbocycles. The van der Waals surface area contributed by atoms with E-state index in [0.29, 0.717) is 49.6 Å². The molecule has 0 saturated heterocycles. The average molecular weight is 722 g/mol. The molecule has 2 amide bonds. The second-order valence-electron chi connectivity index (χ2n) is 9.63. The van der Waals surface area contributed by atoms with Crippen molar-refractivity contribution < 1.29 is 33.6 Å². The third kappa shape index (κ3) is 9.04. The van der Waals surface area contributed by atoms with Gasteiger partial charge in [0.25, 0.3) is 0 Å². The summed E-state index contributed by atoms with van der Waals surface area (Å²) in [6, 6.07) is 14.4. The molecule has 0 bridgehead atoms. The number of benzene rings is 3. The normalized spacial score (nSPS) is 15.3. The Morgan fingerprint density at radius 2 is 1.87 bits per heavy atom. The number of hydrazone groups is 1. The lowest BCUT2D eigenvalue weighted by Crippen LogP contribution is -2.45. The number of ether oxygens (including phenoxy) is 4. The number of hydrogen-bond acceptors (Lipinski definition) is 9. The summed E-state index contributed by atoms with van der Waals surface area (Å²) in [5.41, 5.74) is 5.40.